The molecule has 2 aromatic carbocycles. The highest BCUT2D eigenvalue weighted by atomic mass is 16.6. The summed E-state index contributed by atoms with van der Waals surface area (Å²) in [6.45, 7) is 9.31. The predicted octanol–water partition coefficient (Wildman–Crippen LogP) is 6.89. The van der Waals surface area contributed by atoms with Gasteiger partial charge in [0.15, 0.2) is 0 Å². The average Bonchev–Trinajstić information content (AvgIpc) is 3.66. The van der Waals surface area contributed by atoms with Crippen LogP contribution < -0.4 is 4.74 Å². The van der Waals surface area contributed by atoms with Crippen LogP contribution in [-0.4, -0.2) is 47.9 Å². The normalized spacial score (nSPS) is 20.2. The van der Waals surface area contributed by atoms with Gasteiger partial charge in [-0.3, -0.25) is 9.47 Å². The van der Waals surface area contributed by atoms with Gasteiger partial charge in [-0.05, 0) is 107 Å². The minimum Gasteiger partial charge on any atom is -0.496 e. The molecule has 0 amide bonds. The van der Waals surface area contributed by atoms with E-state index in [4.69, 9.17) is 14.2 Å². The van der Waals surface area contributed by atoms with Crippen molar-refractivity contribution in [1.82, 2.24) is 9.47 Å². The monoisotopic (exact) mass is 532 g/mol. The molecule has 2 aliphatic rings. The summed E-state index contributed by atoms with van der Waals surface area (Å²) in [5.74, 6) is 2.07. The average molecular weight is 533 g/mol. The smallest absolute Gasteiger partial charge is 0.419 e. The highest BCUT2D eigenvalue weighted by Crippen LogP contribution is 2.47. The number of esters is 1. The fourth-order valence-corrected chi connectivity index (χ4v) is 6.11. The van der Waals surface area contributed by atoms with Crippen molar-refractivity contribution < 1.29 is 23.8 Å². The van der Waals surface area contributed by atoms with Crippen LogP contribution in [-0.2, 0) is 16.0 Å². The van der Waals surface area contributed by atoms with E-state index in [1.165, 1.54) is 31.9 Å². The summed E-state index contributed by atoms with van der Waals surface area (Å²) in [5, 5.41) is 1.00. The van der Waals surface area contributed by atoms with Gasteiger partial charge in [0.1, 0.15) is 11.4 Å². The van der Waals surface area contributed by atoms with Gasteiger partial charge in [-0.2, -0.15) is 0 Å². The zero-order chi connectivity index (χ0) is 27.9. The van der Waals surface area contributed by atoms with Crippen LogP contribution in [0.1, 0.15) is 79.5 Å². The molecule has 3 aromatic rings. The van der Waals surface area contributed by atoms with Gasteiger partial charge in [0.05, 0.1) is 25.3 Å². The van der Waals surface area contributed by atoms with Crippen LogP contribution in [0.5, 0.6) is 5.75 Å². The number of ether oxygens (including phenoxy) is 3. The summed E-state index contributed by atoms with van der Waals surface area (Å²) in [6.07, 6.45) is 6.37. The number of hydrogen-bond donors (Lipinski definition) is 0. The van der Waals surface area contributed by atoms with Gasteiger partial charge >= 0.3 is 12.1 Å². The Kier molecular flexibility index (Phi) is 7.47. The molecule has 0 radical (unpaired) electrons. The number of piperidine rings is 1. The van der Waals surface area contributed by atoms with Crippen molar-refractivity contribution in [3.05, 3.63) is 64.8 Å². The van der Waals surface area contributed by atoms with E-state index in [-0.39, 0.29) is 18.1 Å². The minimum atomic E-state index is -0.584. The van der Waals surface area contributed by atoms with Crippen molar-refractivity contribution in [3.63, 3.8) is 0 Å². The fraction of sp³-hybridized carbons (Fsp3) is 0.500. The first-order chi connectivity index (χ1) is 18.6. The Labute approximate surface area is 231 Å². The van der Waals surface area contributed by atoms with E-state index < -0.39 is 5.60 Å². The number of nitrogens with zero attached hydrogens (tertiary/aromatic N) is 2. The molecule has 0 N–H and O–H groups in total. The summed E-state index contributed by atoms with van der Waals surface area (Å²) in [6, 6.07) is 12.1. The maximum Gasteiger partial charge on any atom is 0.419 e. The molecular weight excluding hydrogens is 492 g/mol. The van der Waals surface area contributed by atoms with Crippen LogP contribution in [0.25, 0.3) is 10.9 Å². The van der Waals surface area contributed by atoms with Crippen molar-refractivity contribution in [1.29, 1.82) is 0 Å². The lowest BCUT2D eigenvalue weighted by Crippen LogP contribution is -2.37. The third kappa shape index (κ3) is 5.69. The van der Waals surface area contributed by atoms with Crippen LogP contribution in [0, 0.1) is 18.8 Å². The highest BCUT2D eigenvalue weighted by Gasteiger charge is 2.38. The third-order valence-electron chi connectivity index (χ3n) is 8.16. The number of rotatable bonds is 6. The zero-order valence-corrected chi connectivity index (χ0v) is 24.0. The quantitative estimate of drug-likeness (QED) is 0.322. The number of carbonyl (C=O) groups is 2. The molecule has 1 saturated carbocycles. The first-order valence-electron chi connectivity index (χ1n) is 13.9. The molecule has 0 spiro atoms. The van der Waals surface area contributed by atoms with Crippen molar-refractivity contribution in [2.45, 2.75) is 71.6 Å². The van der Waals surface area contributed by atoms with E-state index in [9.17, 15) is 9.59 Å². The first kappa shape index (κ1) is 27.3. The van der Waals surface area contributed by atoms with Gasteiger partial charge in [-0.1, -0.05) is 12.1 Å². The Balaban J connectivity index is 1.51. The van der Waals surface area contributed by atoms with E-state index >= 15 is 0 Å². The number of hydrogen-bond acceptors (Lipinski definition) is 6. The molecule has 208 valence electrons. The molecule has 2 fully saturated rings. The second kappa shape index (κ2) is 10.7. The number of carbonyl (C=O) groups excluding carboxylic acids is 2. The van der Waals surface area contributed by atoms with E-state index in [2.05, 4.69) is 17.0 Å². The van der Waals surface area contributed by atoms with Crippen molar-refractivity contribution >= 4 is 23.0 Å². The van der Waals surface area contributed by atoms with Gasteiger partial charge in [-0.25, -0.2) is 9.59 Å². The van der Waals surface area contributed by atoms with E-state index in [0.717, 1.165) is 52.6 Å². The van der Waals surface area contributed by atoms with Crippen molar-refractivity contribution in [2.75, 3.05) is 20.8 Å². The lowest BCUT2D eigenvalue weighted by Gasteiger charge is -2.40. The molecule has 1 saturated heterocycles. The number of methoxy groups -OCH3 is 2. The number of benzene rings is 2. The standard InChI is InChI=1S/C32H40N2O5/c1-20-17-28(37-5)26(25-14-16-34(29(20)25)31(36)39-32(2,3)4)19-33-15-13-24(21-7-8-21)18-27(33)22-9-11-23(12-10-22)30(35)38-6/h9-12,14,16-17,21,24,27H,7-8,13,15,18-19H2,1-6H3/t24-,27+/m0/s1. The molecule has 1 aliphatic heterocycles. The molecule has 2 atom stereocenters. The second-order valence-corrected chi connectivity index (χ2v) is 12.0. The lowest BCUT2D eigenvalue weighted by atomic mass is 9.83. The number of aryl methyl sites for hydroxylation is 1. The van der Waals surface area contributed by atoms with Crippen molar-refractivity contribution in [2.24, 2.45) is 11.8 Å². The van der Waals surface area contributed by atoms with Crippen LogP contribution in [0.2, 0.25) is 0 Å². The lowest BCUT2D eigenvalue weighted by molar-refractivity contribution is 0.0542. The van der Waals surface area contributed by atoms with Crippen LogP contribution >= 0.6 is 0 Å². The van der Waals surface area contributed by atoms with E-state index in [1.54, 1.807) is 17.9 Å². The highest BCUT2D eigenvalue weighted by molar-refractivity contribution is 5.95. The molecule has 2 heterocycles. The summed E-state index contributed by atoms with van der Waals surface area (Å²) in [4.78, 5) is 27.6. The van der Waals surface area contributed by atoms with Gasteiger partial charge in [0.2, 0.25) is 0 Å². The fourth-order valence-electron chi connectivity index (χ4n) is 6.11. The molecule has 7 heteroatoms. The topological polar surface area (TPSA) is 70.0 Å². The van der Waals surface area contributed by atoms with Gasteiger partial charge < -0.3 is 14.2 Å². The number of aromatic nitrogens is 1. The second-order valence-electron chi connectivity index (χ2n) is 12.0. The Morgan fingerprint density at radius 3 is 2.33 bits per heavy atom. The predicted molar refractivity (Wildman–Crippen MR) is 151 cm³/mol. The zero-order valence-electron chi connectivity index (χ0n) is 24.0. The Morgan fingerprint density at radius 1 is 1.00 bits per heavy atom. The van der Waals surface area contributed by atoms with E-state index in [1.807, 2.05) is 52.0 Å². The number of likely N-dealkylation sites (tertiary alicyclic amines) is 1. The van der Waals surface area contributed by atoms with Crippen LogP contribution in [0.3, 0.4) is 0 Å². The maximum atomic E-state index is 13.0. The summed E-state index contributed by atoms with van der Waals surface area (Å²) in [5.41, 5.74) is 4.07. The molecule has 39 heavy (non-hydrogen) atoms. The van der Waals surface area contributed by atoms with Gasteiger partial charge in [0.25, 0.3) is 0 Å². The largest absolute Gasteiger partial charge is 0.496 e. The van der Waals surface area contributed by atoms with E-state index in [0.29, 0.717) is 12.1 Å². The third-order valence-corrected chi connectivity index (χ3v) is 8.16. The Bertz CT molecular complexity index is 1360. The molecule has 1 aromatic heterocycles. The molecule has 7 nitrogen and oxygen atoms in total. The minimum absolute atomic E-state index is 0.227. The molecular formula is C32H40N2O5. The summed E-state index contributed by atoms with van der Waals surface area (Å²) >= 11 is 0. The van der Waals surface area contributed by atoms with Gasteiger partial charge in [0, 0.05) is 29.7 Å². The molecule has 0 bridgehead atoms. The first-order valence-corrected chi connectivity index (χ1v) is 13.9. The molecule has 5 rings (SSSR count). The van der Waals surface area contributed by atoms with Gasteiger partial charge in [-0.15, -0.1) is 0 Å². The maximum absolute atomic E-state index is 13.0. The molecule has 0 unspecified atom stereocenters. The Morgan fingerprint density at radius 2 is 1.72 bits per heavy atom. The van der Waals surface area contributed by atoms with Crippen molar-refractivity contribution in [3.8, 4) is 5.75 Å². The SMILES string of the molecule is COC(=O)c1ccc([C@H]2C[C@@H](C3CC3)CCN2Cc2c(OC)cc(C)c3c2ccn3C(=O)OC(C)(C)C)cc1. The number of fused-ring (bicyclic) bond motifs is 1. The summed E-state index contributed by atoms with van der Waals surface area (Å²) in [7, 11) is 3.11. The van der Waals surface area contributed by atoms with Crippen LogP contribution in [0.15, 0.2) is 42.6 Å². The van der Waals surface area contributed by atoms with Crippen LogP contribution in [0.4, 0.5) is 4.79 Å². The Hall–Kier alpha value is -3.32. The molecule has 1 aliphatic carbocycles. The summed E-state index contributed by atoms with van der Waals surface area (Å²) < 4.78 is 18.1.